The zero-order valence-corrected chi connectivity index (χ0v) is 7.74. The Morgan fingerprint density at radius 2 is 2.54 bits per heavy atom. The summed E-state index contributed by atoms with van der Waals surface area (Å²) in [6.07, 6.45) is 5.49. The van der Waals surface area contributed by atoms with Crippen molar-refractivity contribution in [1.29, 1.82) is 0 Å². The monoisotopic (exact) mass is 195 g/mol. The van der Waals surface area contributed by atoms with Gasteiger partial charge < -0.3 is 9.88 Å². The van der Waals surface area contributed by atoms with E-state index in [0.29, 0.717) is 0 Å². The molecule has 0 aromatic carbocycles. The highest BCUT2D eigenvalue weighted by molar-refractivity contribution is 7.13. The van der Waals surface area contributed by atoms with Crippen LogP contribution in [0.25, 0.3) is 0 Å². The maximum absolute atomic E-state index is 3.95. The van der Waals surface area contributed by atoms with E-state index in [1.807, 2.05) is 10.8 Å². The molecule has 0 atom stereocenters. The van der Waals surface area contributed by atoms with Gasteiger partial charge in [-0.2, -0.15) is 0 Å². The van der Waals surface area contributed by atoms with E-state index in [-0.39, 0.29) is 0 Å². The lowest BCUT2D eigenvalue weighted by atomic mass is 10.6. The molecule has 0 aliphatic carbocycles. The zero-order chi connectivity index (χ0) is 8.93. The van der Waals surface area contributed by atoms with Gasteiger partial charge in [0.2, 0.25) is 5.13 Å². The molecule has 0 radical (unpaired) electrons. The maximum atomic E-state index is 3.95. The number of hydrogen-bond donors (Lipinski definition) is 1. The quantitative estimate of drug-likeness (QED) is 0.785. The number of imidazole rings is 1. The van der Waals surface area contributed by atoms with E-state index in [4.69, 9.17) is 0 Å². The topological polar surface area (TPSA) is 55.6 Å². The molecule has 6 heteroatoms. The summed E-state index contributed by atoms with van der Waals surface area (Å²) in [6.45, 7) is 1.73. The van der Waals surface area contributed by atoms with Gasteiger partial charge in [-0.3, -0.25) is 0 Å². The molecular weight excluding hydrogens is 186 g/mol. The van der Waals surface area contributed by atoms with E-state index in [9.17, 15) is 0 Å². The van der Waals surface area contributed by atoms with E-state index in [0.717, 1.165) is 18.2 Å². The number of rotatable bonds is 4. The SMILES string of the molecule is c1cn(CCNc2nncs2)cn1. The fraction of sp³-hybridized carbons (Fsp3) is 0.286. The summed E-state index contributed by atoms with van der Waals surface area (Å²) in [6, 6.07) is 0. The van der Waals surface area contributed by atoms with Crippen LogP contribution in [-0.2, 0) is 6.54 Å². The van der Waals surface area contributed by atoms with Gasteiger partial charge in [0.15, 0.2) is 0 Å². The normalized spacial score (nSPS) is 10.2. The number of anilines is 1. The molecule has 0 spiro atoms. The summed E-state index contributed by atoms with van der Waals surface area (Å²) in [5.74, 6) is 0. The molecule has 0 amide bonds. The molecule has 13 heavy (non-hydrogen) atoms. The summed E-state index contributed by atoms with van der Waals surface area (Å²) in [7, 11) is 0. The van der Waals surface area contributed by atoms with Crippen molar-refractivity contribution >= 4 is 16.5 Å². The standard InChI is InChI=1S/C7H9N5S/c1-3-12(5-8-1)4-2-9-7-11-10-6-13-7/h1,3,5-6H,2,4H2,(H,9,11). The molecule has 2 aromatic heterocycles. The van der Waals surface area contributed by atoms with Gasteiger partial charge >= 0.3 is 0 Å². The van der Waals surface area contributed by atoms with Crippen molar-refractivity contribution in [3.8, 4) is 0 Å². The van der Waals surface area contributed by atoms with Crippen molar-refractivity contribution in [2.24, 2.45) is 0 Å². The van der Waals surface area contributed by atoms with Crippen LogP contribution in [0.2, 0.25) is 0 Å². The number of nitrogens with one attached hydrogen (secondary N) is 1. The van der Waals surface area contributed by atoms with Crippen molar-refractivity contribution in [1.82, 2.24) is 19.7 Å². The van der Waals surface area contributed by atoms with Gasteiger partial charge in [0.25, 0.3) is 0 Å². The summed E-state index contributed by atoms with van der Waals surface area (Å²) >= 11 is 1.50. The van der Waals surface area contributed by atoms with E-state index >= 15 is 0 Å². The highest BCUT2D eigenvalue weighted by atomic mass is 32.1. The second kappa shape index (κ2) is 3.99. The first-order valence-corrected chi connectivity index (χ1v) is 4.79. The van der Waals surface area contributed by atoms with Crippen LogP contribution in [0.4, 0.5) is 5.13 Å². The molecule has 0 aliphatic rings. The molecule has 2 rings (SSSR count). The average Bonchev–Trinajstić information content (AvgIpc) is 2.75. The number of aromatic nitrogens is 4. The van der Waals surface area contributed by atoms with Crippen molar-refractivity contribution in [3.05, 3.63) is 24.2 Å². The van der Waals surface area contributed by atoms with Crippen LogP contribution in [0.1, 0.15) is 0 Å². The number of nitrogens with zero attached hydrogens (tertiary/aromatic N) is 4. The Morgan fingerprint density at radius 3 is 3.23 bits per heavy atom. The van der Waals surface area contributed by atoms with E-state index in [1.165, 1.54) is 11.3 Å². The average molecular weight is 195 g/mol. The molecule has 68 valence electrons. The van der Waals surface area contributed by atoms with Crippen LogP contribution in [0.15, 0.2) is 24.2 Å². The van der Waals surface area contributed by atoms with Gasteiger partial charge in [-0.15, -0.1) is 10.2 Å². The summed E-state index contributed by atoms with van der Waals surface area (Å²) in [5.41, 5.74) is 1.71. The maximum Gasteiger partial charge on any atom is 0.205 e. The predicted molar refractivity (Wildman–Crippen MR) is 50.6 cm³/mol. The van der Waals surface area contributed by atoms with E-state index < -0.39 is 0 Å². The third kappa shape index (κ3) is 2.25. The smallest absolute Gasteiger partial charge is 0.205 e. The van der Waals surface area contributed by atoms with Crippen LogP contribution in [0.3, 0.4) is 0 Å². The minimum absolute atomic E-state index is 0.839. The largest absolute Gasteiger partial charge is 0.358 e. The van der Waals surface area contributed by atoms with E-state index in [1.54, 1.807) is 18.0 Å². The van der Waals surface area contributed by atoms with Gasteiger partial charge in [0.05, 0.1) is 6.33 Å². The van der Waals surface area contributed by atoms with Gasteiger partial charge in [-0.05, 0) is 0 Å². The van der Waals surface area contributed by atoms with Crippen LogP contribution in [0.5, 0.6) is 0 Å². The Morgan fingerprint density at radius 1 is 1.54 bits per heavy atom. The zero-order valence-electron chi connectivity index (χ0n) is 6.92. The second-order valence-electron chi connectivity index (χ2n) is 2.47. The lowest BCUT2D eigenvalue weighted by Gasteiger charge is -2.01. The lowest BCUT2D eigenvalue weighted by Crippen LogP contribution is -2.08. The molecule has 0 saturated heterocycles. The molecule has 0 fully saturated rings. The molecule has 2 aromatic rings. The first kappa shape index (κ1) is 8.18. The van der Waals surface area contributed by atoms with Gasteiger partial charge in [-0.25, -0.2) is 4.98 Å². The van der Waals surface area contributed by atoms with Crippen LogP contribution < -0.4 is 5.32 Å². The third-order valence-electron chi connectivity index (χ3n) is 1.57. The first-order chi connectivity index (χ1) is 6.45. The van der Waals surface area contributed by atoms with E-state index in [2.05, 4.69) is 20.5 Å². The Hall–Kier alpha value is -1.43. The molecular formula is C7H9N5S. The fourth-order valence-corrected chi connectivity index (χ4v) is 1.43. The summed E-state index contributed by atoms with van der Waals surface area (Å²) < 4.78 is 2.01. The van der Waals surface area contributed by atoms with Crippen LogP contribution >= 0.6 is 11.3 Å². The minimum atomic E-state index is 0.839. The predicted octanol–water partition coefficient (Wildman–Crippen LogP) is 0.847. The number of hydrogen-bond acceptors (Lipinski definition) is 5. The third-order valence-corrected chi connectivity index (χ3v) is 2.21. The van der Waals surface area contributed by atoms with Crippen molar-refractivity contribution < 1.29 is 0 Å². The summed E-state index contributed by atoms with van der Waals surface area (Å²) in [5, 5.41) is 11.6. The Balaban J connectivity index is 1.76. The van der Waals surface area contributed by atoms with Crippen molar-refractivity contribution in [2.45, 2.75) is 6.54 Å². The van der Waals surface area contributed by atoms with Crippen LogP contribution in [-0.4, -0.2) is 26.3 Å². The van der Waals surface area contributed by atoms with Gasteiger partial charge in [0.1, 0.15) is 5.51 Å². The first-order valence-electron chi connectivity index (χ1n) is 3.91. The molecule has 5 nitrogen and oxygen atoms in total. The van der Waals surface area contributed by atoms with Crippen LogP contribution in [0, 0.1) is 0 Å². The molecule has 1 N–H and O–H groups in total. The van der Waals surface area contributed by atoms with Crippen molar-refractivity contribution in [3.63, 3.8) is 0 Å². The Bertz CT molecular complexity index is 293. The lowest BCUT2D eigenvalue weighted by molar-refractivity contribution is 0.726. The van der Waals surface area contributed by atoms with Gasteiger partial charge in [0, 0.05) is 25.5 Å². The highest BCUT2D eigenvalue weighted by Gasteiger charge is 1.94. The molecule has 0 bridgehead atoms. The fourth-order valence-electron chi connectivity index (χ4n) is 0.961. The molecule has 0 aliphatic heterocycles. The Labute approximate surface area is 79.5 Å². The molecule has 0 unspecified atom stereocenters. The minimum Gasteiger partial charge on any atom is -0.358 e. The molecule has 0 saturated carbocycles. The highest BCUT2D eigenvalue weighted by Crippen LogP contribution is 2.06. The molecule has 2 heterocycles. The van der Waals surface area contributed by atoms with Crippen molar-refractivity contribution in [2.75, 3.05) is 11.9 Å². The van der Waals surface area contributed by atoms with Gasteiger partial charge in [-0.1, -0.05) is 11.3 Å². The second-order valence-corrected chi connectivity index (χ2v) is 3.30. The summed E-state index contributed by atoms with van der Waals surface area (Å²) in [4.78, 5) is 3.95. The Kier molecular flexibility index (Phi) is 2.51.